The number of carboxylic acids is 1. The fourth-order valence-corrected chi connectivity index (χ4v) is 3.21. The zero-order chi connectivity index (χ0) is 18.5. The minimum atomic E-state index is -1.05. The van der Waals surface area contributed by atoms with E-state index in [4.69, 9.17) is 14.6 Å². The van der Waals surface area contributed by atoms with Gasteiger partial charge in [0.1, 0.15) is 11.5 Å². The smallest absolute Gasteiger partial charge is 0.341 e. The minimum absolute atomic E-state index is 0.0250. The number of rotatable bonds is 6. The third-order valence-electron chi connectivity index (χ3n) is 4.46. The van der Waals surface area contributed by atoms with Crippen LogP contribution in [0.15, 0.2) is 48.5 Å². The molecule has 1 unspecified atom stereocenters. The maximum Gasteiger partial charge on any atom is 0.341 e. The van der Waals surface area contributed by atoms with Gasteiger partial charge in [-0.05, 0) is 48.7 Å². The number of carbonyl (C=O) groups excluding carboxylic acids is 1. The first kappa shape index (κ1) is 17.8. The molecule has 0 spiro atoms. The lowest BCUT2D eigenvalue weighted by molar-refractivity contribution is -0.139. The lowest BCUT2D eigenvalue weighted by Crippen LogP contribution is -2.30. The number of carbonyl (C=O) groups is 2. The summed E-state index contributed by atoms with van der Waals surface area (Å²) in [5.74, 6) is 0.0243. The van der Waals surface area contributed by atoms with Gasteiger partial charge < -0.3 is 19.5 Å². The van der Waals surface area contributed by atoms with Crippen molar-refractivity contribution in [2.75, 3.05) is 20.3 Å². The van der Waals surface area contributed by atoms with E-state index >= 15 is 0 Å². The van der Waals surface area contributed by atoms with Gasteiger partial charge >= 0.3 is 5.97 Å². The molecule has 0 radical (unpaired) electrons. The van der Waals surface area contributed by atoms with Crippen molar-refractivity contribution in [3.63, 3.8) is 0 Å². The van der Waals surface area contributed by atoms with Crippen molar-refractivity contribution < 1.29 is 24.2 Å². The van der Waals surface area contributed by atoms with Crippen molar-refractivity contribution in [3.8, 4) is 11.5 Å². The Morgan fingerprint density at radius 2 is 1.92 bits per heavy atom. The standard InChI is InChI=1S/C20H21NO5/c1-25-16-9-7-14(8-10-16)18-6-3-11-21(18)20(24)15-4-2-5-17(12-15)26-13-19(22)23/h2,4-5,7-10,12,18H,3,6,11,13H2,1H3,(H,22,23). The third-order valence-corrected chi connectivity index (χ3v) is 4.46. The highest BCUT2D eigenvalue weighted by Crippen LogP contribution is 2.34. The van der Waals surface area contributed by atoms with Gasteiger partial charge in [0.15, 0.2) is 6.61 Å². The fraction of sp³-hybridized carbons (Fsp3) is 0.300. The number of hydrogen-bond donors (Lipinski definition) is 1. The average molecular weight is 355 g/mol. The summed E-state index contributed by atoms with van der Waals surface area (Å²) in [5, 5.41) is 8.71. The van der Waals surface area contributed by atoms with E-state index in [1.165, 1.54) is 0 Å². The molecular formula is C20H21NO5. The number of benzene rings is 2. The normalized spacial score (nSPS) is 16.3. The van der Waals surface area contributed by atoms with Gasteiger partial charge in [0.05, 0.1) is 13.2 Å². The summed E-state index contributed by atoms with van der Waals surface area (Å²) in [4.78, 5) is 25.5. The van der Waals surface area contributed by atoms with Gasteiger partial charge in [-0.2, -0.15) is 0 Å². The Hall–Kier alpha value is -3.02. The molecule has 2 aromatic carbocycles. The average Bonchev–Trinajstić information content (AvgIpc) is 3.16. The molecule has 0 bridgehead atoms. The van der Waals surface area contributed by atoms with Crippen LogP contribution < -0.4 is 9.47 Å². The zero-order valence-electron chi connectivity index (χ0n) is 14.6. The second-order valence-corrected chi connectivity index (χ2v) is 6.14. The van der Waals surface area contributed by atoms with Crippen LogP contribution in [0.1, 0.15) is 34.8 Å². The van der Waals surface area contributed by atoms with Crippen molar-refractivity contribution in [1.82, 2.24) is 4.90 Å². The first-order chi connectivity index (χ1) is 12.6. The molecule has 6 heteroatoms. The molecule has 26 heavy (non-hydrogen) atoms. The van der Waals surface area contributed by atoms with Crippen molar-refractivity contribution in [3.05, 3.63) is 59.7 Å². The summed E-state index contributed by atoms with van der Waals surface area (Å²) < 4.78 is 10.4. The molecule has 3 rings (SSSR count). The van der Waals surface area contributed by atoms with Crippen LogP contribution in [0.3, 0.4) is 0 Å². The Morgan fingerprint density at radius 3 is 2.62 bits per heavy atom. The Balaban J connectivity index is 1.77. The van der Waals surface area contributed by atoms with E-state index in [2.05, 4.69) is 0 Å². The first-order valence-electron chi connectivity index (χ1n) is 8.48. The van der Waals surface area contributed by atoms with Crippen LogP contribution in [-0.4, -0.2) is 42.1 Å². The second-order valence-electron chi connectivity index (χ2n) is 6.14. The lowest BCUT2D eigenvalue weighted by Gasteiger charge is -2.25. The highest BCUT2D eigenvalue weighted by molar-refractivity contribution is 5.95. The van der Waals surface area contributed by atoms with Gasteiger partial charge in [-0.25, -0.2) is 4.79 Å². The number of amides is 1. The summed E-state index contributed by atoms with van der Waals surface area (Å²) >= 11 is 0. The fourth-order valence-electron chi connectivity index (χ4n) is 3.21. The Morgan fingerprint density at radius 1 is 1.15 bits per heavy atom. The Labute approximate surface area is 152 Å². The molecule has 1 aliphatic rings. The van der Waals surface area contributed by atoms with E-state index in [0.717, 1.165) is 24.2 Å². The van der Waals surface area contributed by atoms with Crippen LogP contribution in [0, 0.1) is 0 Å². The zero-order valence-corrected chi connectivity index (χ0v) is 14.6. The van der Waals surface area contributed by atoms with E-state index in [1.807, 2.05) is 29.2 Å². The molecular weight excluding hydrogens is 334 g/mol. The van der Waals surface area contributed by atoms with E-state index in [9.17, 15) is 9.59 Å². The monoisotopic (exact) mass is 355 g/mol. The predicted octanol–water partition coefficient (Wildman–Crippen LogP) is 3.14. The topological polar surface area (TPSA) is 76.1 Å². The summed E-state index contributed by atoms with van der Waals surface area (Å²) in [5.41, 5.74) is 1.57. The van der Waals surface area contributed by atoms with Gasteiger partial charge in [-0.15, -0.1) is 0 Å². The number of likely N-dealkylation sites (tertiary alicyclic amines) is 1. The van der Waals surface area contributed by atoms with E-state index in [-0.39, 0.29) is 11.9 Å². The second kappa shape index (κ2) is 7.91. The SMILES string of the molecule is COc1ccc(C2CCCN2C(=O)c2cccc(OCC(=O)O)c2)cc1. The molecule has 1 amide bonds. The Bertz CT molecular complexity index is 787. The van der Waals surface area contributed by atoms with Gasteiger partial charge in [0.25, 0.3) is 5.91 Å². The number of carboxylic acid groups (broad SMARTS) is 1. The molecule has 1 fully saturated rings. The number of nitrogens with zero attached hydrogens (tertiary/aromatic N) is 1. The van der Waals surface area contributed by atoms with Crippen molar-refractivity contribution in [1.29, 1.82) is 0 Å². The maximum absolute atomic E-state index is 13.0. The van der Waals surface area contributed by atoms with E-state index in [1.54, 1.807) is 31.4 Å². The maximum atomic E-state index is 13.0. The largest absolute Gasteiger partial charge is 0.497 e. The summed E-state index contributed by atoms with van der Waals surface area (Å²) in [6.45, 7) is 0.256. The summed E-state index contributed by atoms with van der Waals surface area (Å²) in [7, 11) is 1.62. The van der Waals surface area contributed by atoms with Crippen molar-refractivity contribution in [2.24, 2.45) is 0 Å². The predicted molar refractivity (Wildman–Crippen MR) is 95.6 cm³/mol. The van der Waals surface area contributed by atoms with Crippen LogP contribution in [0.4, 0.5) is 0 Å². The molecule has 1 aliphatic heterocycles. The molecule has 136 valence electrons. The highest BCUT2D eigenvalue weighted by Gasteiger charge is 2.30. The van der Waals surface area contributed by atoms with Crippen molar-refractivity contribution in [2.45, 2.75) is 18.9 Å². The number of ether oxygens (including phenoxy) is 2. The van der Waals surface area contributed by atoms with Gasteiger partial charge in [0, 0.05) is 12.1 Å². The molecule has 1 saturated heterocycles. The lowest BCUT2D eigenvalue weighted by atomic mass is 10.0. The third kappa shape index (κ3) is 3.96. The highest BCUT2D eigenvalue weighted by atomic mass is 16.5. The molecule has 1 N–H and O–H groups in total. The van der Waals surface area contributed by atoms with Crippen LogP contribution in [0.2, 0.25) is 0 Å². The van der Waals surface area contributed by atoms with Gasteiger partial charge in [0.2, 0.25) is 0 Å². The van der Waals surface area contributed by atoms with Crippen molar-refractivity contribution >= 4 is 11.9 Å². The molecule has 0 saturated carbocycles. The molecule has 0 aliphatic carbocycles. The van der Waals surface area contributed by atoms with Gasteiger partial charge in [-0.3, -0.25) is 4.79 Å². The van der Waals surface area contributed by atoms with Crippen LogP contribution in [0.5, 0.6) is 11.5 Å². The van der Waals surface area contributed by atoms with Gasteiger partial charge in [-0.1, -0.05) is 18.2 Å². The minimum Gasteiger partial charge on any atom is -0.497 e. The Kier molecular flexibility index (Phi) is 5.41. The molecule has 2 aromatic rings. The molecule has 6 nitrogen and oxygen atoms in total. The molecule has 0 aromatic heterocycles. The molecule has 1 atom stereocenters. The van der Waals surface area contributed by atoms with Crippen LogP contribution >= 0.6 is 0 Å². The number of methoxy groups -OCH3 is 1. The summed E-state index contributed by atoms with van der Waals surface area (Å²) in [6, 6.07) is 14.5. The van der Waals surface area contributed by atoms with Crippen LogP contribution in [0.25, 0.3) is 0 Å². The number of aliphatic carboxylic acids is 1. The quantitative estimate of drug-likeness (QED) is 0.861. The van der Waals surface area contributed by atoms with Crippen LogP contribution in [-0.2, 0) is 4.79 Å². The number of hydrogen-bond acceptors (Lipinski definition) is 4. The summed E-state index contributed by atoms with van der Waals surface area (Å²) in [6.07, 6.45) is 1.85. The molecule has 1 heterocycles. The first-order valence-corrected chi connectivity index (χ1v) is 8.48. The van der Waals surface area contributed by atoms with E-state index < -0.39 is 12.6 Å². The van der Waals surface area contributed by atoms with E-state index in [0.29, 0.717) is 17.9 Å².